The summed E-state index contributed by atoms with van der Waals surface area (Å²) < 4.78 is 52.7. The fourth-order valence-corrected chi connectivity index (χ4v) is 4.82. The summed E-state index contributed by atoms with van der Waals surface area (Å²) in [5.41, 5.74) is 2.41. The second-order valence-electron chi connectivity index (χ2n) is 7.47. The smallest absolute Gasteiger partial charge is 0.264 e. The summed E-state index contributed by atoms with van der Waals surface area (Å²) in [5.74, 6) is -0.481. The van der Waals surface area contributed by atoms with E-state index < -0.39 is 26.0 Å². The second kappa shape index (κ2) is 9.77. The first kappa shape index (κ1) is 25.1. The van der Waals surface area contributed by atoms with E-state index in [1.165, 1.54) is 43.4 Å². The predicted octanol–water partition coefficient (Wildman–Crippen LogP) is 2.93. The van der Waals surface area contributed by atoms with Gasteiger partial charge in [-0.25, -0.2) is 31.5 Å². The van der Waals surface area contributed by atoms with Gasteiger partial charge in [0.25, 0.3) is 15.9 Å². The molecule has 0 aliphatic rings. The van der Waals surface area contributed by atoms with Crippen molar-refractivity contribution < 1.29 is 21.6 Å². The van der Waals surface area contributed by atoms with Gasteiger partial charge >= 0.3 is 0 Å². The van der Waals surface area contributed by atoms with Gasteiger partial charge in [-0.1, -0.05) is 0 Å². The van der Waals surface area contributed by atoms with Crippen LogP contribution in [0, 0.1) is 13.8 Å². The third kappa shape index (κ3) is 5.88. The van der Waals surface area contributed by atoms with Gasteiger partial charge in [0.2, 0.25) is 16.0 Å². The molecule has 2 N–H and O–H groups in total. The number of benzene rings is 2. The van der Waals surface area contributed by atoms with E-state index in [1.807, 2.05) is 0 Å². The number of nitrogens with one attached hydrogen (secondary N) is 2. The zero-order chi connectivity index (χ0) is 25.1. The Balaban J connectivity index is 1.70. The minimum Gasteiger partial charge on any atom is -0.322 e. The van der Waals surface area contributed by atoms with E-state index in [0.29, 0.717) is 28.3 Å². The topological polar surface area (TPSA) is 138 Å². The molecule has 0 bridgehead atoms. The molecule has 0 atom stereocenters. The fraction of sp³-hybridized carbons (Fsp3) is 0.227. The van der Waals surface area contributed by atoms with Crippen molar-refractivity contribution in [1.29, 1.82) is 0 Å². The molecule has 3 rings (SSSR count). The van der Waals surface area contributed by atoms with Crippen molar-refractivity contribution in [3.05, 3.63) is 71.5 Å². The standard InChI is InChI=1S/C22H25N5O5S2/c1-5-33(29,30)27(4)19-10-6-17(7-11-19)21(28)25-18-8-12-20(13-9-18)34(31,32)26-22-23-15(2)14-16(3)24-22/h6-14H,5H2,1-4H3,(H,25,28)(H,23,24,26). The van der Waals surface area contributed by atoms with Crippen molar-refractivity contribution >= 4 is 43.3 Å². The van der Waals surface area contributed by atoms with Gasteiger partial charge in [0.05, 0.1) is 16.3 Å². The minimum absolute atomic E-state index is 0.0159. The van der Waals surface area contributed by atoms with E-state index >= 15 is 0 Å². The minimum atomic E-state index is -3.91. The van der Waals surface area contributed by atoms with E-state index in [0.717, 1.165) is 4.31 Å². The Bertz CT molecular complexity index is 1380. The highest BCUT2D eigenvalue weighted by Crippen LogP contribution is 2.20. The van der Waals surface area contributed by atoms with Crippen molar-refractivity contribution in [3.63, 3.8) is 0 Å². The monoisotopic (exact) mass is 503 g/mol. The summed E-state index contributed by atoms with van der Waals surface area (Å²) >= 11 is 0. The van der Waals surface area contributed by atoms with E-state index in [2.05, 4.69) is 20.0 Å². The van der Waals surface area contributed by atoms with Crippen LogP contribution in [0.5, 0.6) is 0 Å². The number of hydrogen-bond acceptors (Lipinski definition) is 7. The first-order valence-corrected chi connectivity index (χ1v) is 13.3. The van der Waals surface area contributed by atoms with Crippen LogP contribution in [0.15, 0.2) is 59.5 Å². The van der Waals surface area contributed by atoms with Gasteiger partial charge in [0.15, 0.2) is 0 Å². The zero-order valence-electron chi connectivity index (χ0n) is 19.1. The van der Waals surface area contributed by atoms with Crippen LogP contribution in [-0.4, -0.2) is 45.5 Å². The number of amides is 1. The lowest BCUT2D eigenvalue weighted by Gasteiger charge is -2.18. The van der Waals surface area contributed by atoms with Gasteiger partial charge in [-0.2, -0.15) is 0 Å². The number of aryl methyl sites for hydroxylation is 2. The van der Waals surface area contributed by atoms with Crippen LogP contribution >= 0.6 is 0 Å². The van der Waals surface area contributed by atoms with Crippen LogP contribution in [0.1, 0.15) is 28.7 Å². The first-order valence-electron chi connectivity index (χ1n) is 10.2. The number of carbonyl (C=O) groups excluding carboxylic acids is 1. The Hall–Kier alpha value is -3.51. The highest BCUT2D eigenvalue weighted by Gasteiger charge is 2.18. The Morgan fingerprint density at radius 2 is 1.47 bits per heavy atom. The number of hydrogen-bond donors (Lipinski definition) is 2. The molecular weight excluding hydrogens is 478 g/mol. The van der Waals surface area contributed by atoms with E-state index in [9.17, 15) is 21.6 Å². The molecule has 1 amide bonds. The largest absolute Gasteiger partial charge is 0.322 e. The van der Waals surface area contributed by atoms with Crippen LogP contribution < -0.4 is 14.3 Å². The van der Waals surface area contributed by atoms with Crippen molar-refractivity contribution in [2.75, 3.05) is 27.1 Å². The molecule has 0 aliphatic carbocycles. The summed E-state index contributed by atoms with van der Waals surface area (Å²) in [6, 6.07) is 13.5. The summed E-state index contributed by atoms with van der Waals surface area (Å²) in [7, 11) is -5.87. The predicted molar refractivity (Wildman–Crippen MR) is 131 cm³/mol. The SMILES string of the molecule is CCS(=O)(=O)N(C)c1ccc(C(=O)Nc2ccc(S(=O)(=O)Nc3nc(C)cc(C)n3)cc2)cc1. The molecule has 0 unspecified atom stereocenters. The third-order valence-corrected chi connectivity index (χ3v) is 8.02. The highest BCUT2D eigenvalue weighted by molar-refractivity contribution is 7.93. The summed E-state index contributed by atoms with van der Waals surface area (Å²) in [5, 5.41) is 2.68. The average Bonchev–Trinajstić information content (AvgIpc) is 2.78. The van der Waals surface area contributed by atoms with Crippen LogP contribution in [0.4, 0.5) is 17.3 Å². The third-order valence-electron chi connectivity index (χ3n) is 4.91. The molecule has 3 aromatic rings. The molecule has 12 heteroatoms. The molecule has 0 aliphatic heterocycles. The fourth-order valence-electron chi connectivity index (χ4n) is 3.05. The molecule has 34 heavy (non-hydrogen) atoms. The molecule has 0 fully saturated rings. The second-order valence-corrected chi connectivity index (χ2v) is 11.4. The number of sulfonamides is 2. The normalized spacial score (nSPS) is 11.6. The maximum absolute atomic E-state index is 12.6. The Morgan fingerprint density at radius 3 is 2.00 bits per heavy atom. The quantitative estimate of drug-likeness (QED) is 0.482. The van der Waals surface area contributed by atoms with Crippen LogP contribution in [0.3, 0.4) is 0 Å². The first-order chi connectivity index (χ1) is 15.9. The molecule has 180 valence electrons. The zero-order valence-corrected chi connectivity index (χ0v) is 20.7. The van der Waals surface area contributed by atoms with Crippen molar-refractivity contribution in [2.24, 2.45) is 0 Å². The van der Waals surface area contributed by atoms with Crippen molar-refractivity contribution in [1.82, 2.24) is 9.97 Å². The lowest BCUT2D eigenvalue weighted by atomic mass is 10.2. The molecule has 0 radical (unpaired) electrons. The van der Waals surface area contributed by atoms with E-state index in [4.69, 9.17) is 0 Å². The summed E-state index contributed by atoms with van der Waals surface area (Å²) in [6.45, 7) is 5.03. The molecule has 0 spiro atoms. The maximum atomic E-state index is 12.6. The Labute approximate surface area is 199 Å². The van der Waals surface area contributed by atoms with Gasteiger partial charge in [0.1, 0.15) is 0 Å². The molecule has 1 heterocycles. The molecule has 0 saturated carbocycles. The molecular formula is C22H25N5O5S2. The van der Waals surface area contributed by atoms with Gasteiger partial charge in [-0.3, -0.25) is 9.10 Å². The Kier molecular flexibility index (Phi) is 7.22. The lowest BCUT2D eigenvalue weighted by molar-refractivity contribution is 0.102. The van der Waals surface area contributed by atoms with Crippen LogP contribution in [0.2, 0.25) is 0 Å². The molecule has 2 aromatic carbocycles. The van der Waals surface area contributed by atoms with E-state index in [-0.39, 0.29) is 16.6 Å². The van der Waals surface area contributed by atoms with Crippen LogP contribution in [0.25, 0.3) is 0 Å². The van der Waals surface area contributed by atoms with Crippen LogP contribution in [-0.2, 0) is 20.0 Å². The van der Waals surface area contributed by atoms with Gasteiger partial charge in [-0.15, -0.1) is 0 Å². The van der Waals surface area contributed by atoms with Gasteiger partial charge in [0, 0.05) is 29.7 Å². The number of carbonyl (C=O) groups is 1. The molecule has 1 aromatic heterocycles. The highest BCUT2D eigenvalue weighted by atomic mass is 32.2. The van der Waals surface area contributed by atoms with Crippen molar-refractivity contribution in [3.8, 4) is 0 Å². The maximum Gasteiger partial charge on any atom is 0.264 e. The average molecular weight is 504 g/mol. The Morgan fingerprint density at radius 1 is 0.912 bits per heavy atom. The van der Waals surface area contributed by atoms with E-state index in [1.54, 1.807) is 39.0 Å². The number of nitrogens with zero attached hydrogens (tertiary/aromatic N) is 3. The molecule has 0 saturated heterocycles. The summed E-state index contributed by atoms with van der Waals surface area (Å²) in [4.78, 5) is 20.7. The van der Waals surface area contributed by atoms with Gasteiger partial charge in [-0.05, 0) is 75.4 Å². The molecule has 10 nitrogen and oxygen atoms in total. The number of rotatable bonds is 8. The summed E-state index contributed by atoms with van der Waals surface area (Å²) in [6.07, 6.45) is 0. The van der Waals surface area contributed by atoms with Crippen molar-refractivity contribution in [2.45, 2.75) is 25.7 Å². The number of aromatic nitrogens is 2. The lowest BCUT2D eigenvalue weighted by Crippen LogP contribution is -2.28. The number of anilines is 3. The van der Waals surface area contributed by atoms with Gasteiger partial charge < -0.3 is 5.32 Å².